The molecule has 0 fully saturated rings. The first kappa shape index (κ1) is 9.32. The lowest BCUT2D eigenvalue weighted by Crippen LogP contribution is -1.92. The second-order valence-corrected chi connectivity index (χ2v) is 2.81. The van der Waals surface area contributed by atoms with E-state index in [1.165, 1.54) is 6.07 Å². The lowest BCUT2D eigenvalue weighted by Gasteiger charge is -2.06. The number of rotatable bonds is 2. The molecule has 1 aromatic rings. The number of alkyl halides is 2. The van der Waals surface area contributed by atoms with Crippen molar-refractivity contribution in [3.8, 4) is 0 Å². The monoisotopic (exact) mass is 189 g/mol. The summed E-state index contributed by atoms with van der Waals surface area (Å²) >= 11 is 3.92. The van der Waals surface area contributed by atoms with Crippen LogP contribution in [0.4, 0.5) is 14.5 Å². The summed E-state index contributed by atoms with van der Waals surface area (Å²) < 4.78 is 24.5. The number of halogens is 2. The Hall–Kier alpha value is -0.770. The SMILES string of the molecule is CNc1ccc(S)c(C(F)F)c1. The van der Waals surface area contributed by atoms with Crippen molar-refractivity contribution in [1.29, 1.82) is 0 Å². The molecule has 0 aliphatic rings. The number of nitrogens with one attached hydrogen (secondary N) is 1. The standard InChI is InChI=1S/C8H9F2NS/c1-11-5-2-3-7(12)6(4-5)8(9)10/h2-4,8,11-12H,1H3. The van der Waals surface area contributed by atoms with E-state index in [0.717, 1.165) is 0 Å². The summed E-state index contributed by atoms with van der Waals surface area (Å²) in [5.74, 6) is 0. The smallest absolute Gasteiger partial charge is 0.264 e. The van der Waals surface area contributed by atoms with E-state index < -0.39 is 6.43 Å². The number of anilines is 1. The van der Waals surface area contributed by atoms with Crippen LogP contribution in [0.1, 0.15) is 12.0 Å². The highest BCUT2D eigenvalue weighted by atomic mass is 32.1. The predicted octanol–water partition coefficient (Wildman–Crippen LogP) is 2.95. The van der Waals surface area contributed by atoms with Crippen molar-refractivity contribution in [3.05, 3.63) is 23.8 Å². The average Bonchev–Trinajstić information content (AvgIpc) is 2.05. The number of benzene rings is 1. The van der Waals surface area contributed by atoms with Gasteiger partial charge < -0.3 is 5.32 Å². The molecule has 66 valence electrons. The molecule has 1 rings (SSSR count). The van der Waals surface area contributed by atoms with Crippen LogP contribution in [0.3, 0.4) is 0 Å². The molecule has 0 saturated heterocycles. The summed E-state index contributed by atoms with van der Waals surface area (Å²) in [4.78, 5) is 0.323. The Kier molecular flexibility index (Phi) is 2.92. The normalized spacial score (nSPS) is 10.4. The highest BCUT2D eigenvalue weighted by molar-refractivity contribution is 7.80. The summed E-state index contributed by atoms with van der Waals surface area (Å²) in [6.07, 6.45) is -2.47. The Morgan fingerprint density at radius 3 is 2.58 bits per heavy atom. The van der Waals surface area contributed by atoms with Crippen molar-refractivity contribution < 1.29 is 8.78 Å². The van der Waals surface area contributed by atoms with Crippen LogP contribution in [0.25, 0.3) is 0 Å². The average molecular weight is 189 g/mol. The Bertz CT molecular complexity index is 276. The number of hydrogen-bond donors (Lipinski definition) is 2. The fraction of sp³-hybridized carbons (Fsp3) is 0.250. The molecule has 0 aliphatic heterocycles. The molecule has 0 unspecified atom stereocenters. The maximum Gasteiger partial charge on any atom is 0.264 e. The van der Waals surface area contributed by atoms with E-state index in [9.17, 15) is 8.78 Å². The molecule has 0 aromatic heterocycles. The van der Waals surface area contributed by atoms with Gasteiger partial charge in [-0.15, -0.1) is 12.6 Å². The van der Waals surface area contributed by atoms with E-state index in [-0.39, 0.29) is 5.56 Å². The van der Waals surface area contributed by atoms with Crippen molar-refractivity contribution in [3.63, 3.8) is 0 Å². The molecule has 0 heterocycles. The summed E-state index contributed by atoms with van der Waals surface area (Å²) in [5.41, 5.74) is 0.633. The molecular weight excluding hydrogens is 180 g/mol. The lowest BCUT2D eigenvalue weighted by molar-refractivity contribution is 0.148. The van der Waals surface area contributed by atoms with Gasteiger partial charge in [0.05, 0.1) is 0 Å². The minimum Gasteiger partial charge on any atom is -0.388 e. The molecule has 0 atom stereocenters. The first-order valence-electron chi connectivity index (χ1n) is 3.44. The van der Waals surface area contributed by atoms with Gasteiger partial charge in [-0.25, -0.2) is 8.78 Å². The van der Waals surface area contributed by atoms with E-state index in [1.54, 1.807) is 19.2 Å². The molecule has 1 nitrogen and oxygen atoms in total. The Morgan fingerprint density at radius 2 is 2.08 bits per heavy atom. The summed E-state index contributed by atoms with van der Waals surface area (Å²) in [5, 5.41) is 2.78. The van der Waals surface area contributed by atoms with Crippen LogP contribution in [0.5, 0.6) is 0 Å². The number of thiol groups is 1. The van der Waals surface area contributed by atoms with Crippen LogP contribution in [0.2, 0.25) is 0 Å². The van der Waals surface area contributed by atoms with Gasteiger partial charge in [0.2, 0.25) is 0 Å². The Balaban J connectivity index is 3.08. The first-order chi connectivity index (χ1) is 5.65. The van der Waals surface area contributed by atoms with Gasteiger partial charge in [0.1, 0.15) is 0 Å². The second-order valence-electron chi connectivity index (χ2n) is 2.32. The van der Waals surface area contributed by atoms with Crippen molar-refractivity contribution in [2.45, 2.75) is 11.3 Å². The zero-order valence-electron chi connectivity index (χ0n) is 6.51. The molecule has 12 heavy (non-hydrogen) atoms. The molecule has 0 amide bonds. The number of hydrogen-bond acceptors (Lipinski definition) is 2. The molecule has 0 radical (unpaired) electrons. The summed E-state index contributed by atoms with van der Waals surface area (Å²) in [6.45, 7) is 0. The maximum absolute atomic E-state index is 12.3. The van der Waals surface area contributed by atoms with Crippen LogP contribution < -0.4 is 5.32 Å². The van der Waals surface area contributed by atoms with Gasteiger partial charge in [0.25, 0.3) is 6.43 Å². The van der Waals surface area contributed by atoms with Crippen LogP contribution in [0.15, 0.2) is 23.1 Å². The lowest BCUT2D eigenvalue weighted by atomic mass is 10.2. The van der Waals surface area contributed by atoms with Gasteiger partial charge in [-0.05, 0) is 18.2 Å². The third kappa shape index (κ3) is 1.88. The van der Waals surface area contributed by atoms with Crippen LogP contribution in [0, 0.1) is 0 Å². The molecule has 1 aromatic carbocycles. The van der Waals surface area contributed by atoms with E-state index in [4.69, 9.17) is 0 Å². The first-order valence-corrected chi connectivity index (χ1v) is 3.88. The van der Waals surface area contributed by atoms with Crippen molar-refractivity contribution in [1.82, 2.24) is 0 Å². The highest BCUT2D eigenvalue weighted by Gasteiger charge is 2.10. The molecular formula is C8H9F2NS. The third-order valence-electron chi connectivity index (χ3n) is 1.55. The summed E-state index contributed by atoms with van der Waals surface area (Å²) in [7, 11) is 1.68. The summed E-state index contributed by atoms with van der Waals surface area (Å²) in [6, 6.07) is 4.65. The molecule has 1 N–H and O–H groups in total. The van der Waals surface area contributed by atoms with Crippen molar-refractivity contribution in [2.24, 2.45) is 0 Å². The largest absolute Gasteiger partial charge is 0.388 e. The minimum atomic E-state index is -2.47. The van der Waals surface area contributed by atoms with Gasteiger partial charge in [0.15, 0.2) is 0 Å². The van der Waals surface area contributed by atoms with E-state index >= 15 is 0 Å². The van der Waals surface area contributed by atoms with Gasteiger partial charge in [-0.3, -0.25) is 0 Å². The van der Waals surface area contributed by atoms with Gasteiger partial charge in [-0.1, -0.05) is 0 Å². The maximum atomic E-state index is 12.3. The quantitative estimate of drug-likeness (QED) is 0.681. The predicted molar refractivity (Wildman–Crippen MR) is 48.2 cm³/mol. The second kappa shape index (κ2) is 3.76. The van der Waals surface area contributed by atoms with E-state index in [1.807, 2.05) is 0 Å². The minimum absolute atomic E-state index is 0.0369. The fourth-order valence-corrected chi connectivity index (χ4v) is 1.12. The van der Waals surface area contributed by atoms with Crippen molar-refractivity contribution in [2.75, 3.05) is 12.4 Å². The molecule has 4 heteroatoms. The van der Waals surface area contributed by atoms with Crippen LogP contribution in [-0.2, 0) is 0 Å². The van der Waals surface area contributed by atoms with Crippen LogP contribution >= 0.6 is 12.6 Å². The zero-order chi connectivity index (χ0) is 9.14. The van der Waals surface area contributed by atoms with Gasteiger partial charge in [-0.2, -0.15) is 0 Å². The fourth-order valence-electron chi connectivity index (χ4n) is 0.885. The third-order valence-corrected chi connectivity index (χ3v) is 1.96. The Morgan fingerprint density at radius 1 is 1.42 bits per heavy atom. The van der Waals surface area contributed by atoms with Crippen molar-refractivity contribution >= 4 is 18.3 Å². The van der Waals surface area contributed by atoms with E-state index in [0.29, 0.717) is 10.6 Å². The molecule has 0 bridgehead atoms. The highest BCUT2D eigenvalue weighted by Crippen LogP contribution is 2.27. The van der Waals surface area contributed by atoms with Crippen LogP contribution in [-0.4, -0.2) is 7.05 Å². The van der Waals surface area contributed by atoms with E-state index in [2.05, 4.69) is 17.9 Å². The molecule has 0 spiro atoms. The molecule has 0 aliphatic carbocycles. The topological polar surface area (TPSA) is 12.0 Å². The van der Waals surface area contributed by atoms with Gasteiger partial charge in [0, 0.05) is 23.2 Å². The van der Waals surface area contributed by atoms with Gasteiger partial charge >= 0.3 is 0 Å². The molecule has 0 saturated carbocycles. The Labute approximate surface area is 75.2 Å². The zero-order valence-corrected chi connectivity index (χ0v) is 7.41.